The number of halogens is 1. The van der Waals surface area contributed by atoms with Gasteiger partial charge in [-0.1, -0.05) is 23.7 Å². The molecule has 0 aromatic heterocycles. The first-order valence-electron chi connectivity index (χ1n) is 7.85. The highest BCUT2D eigenvalue weighted by Gasteiger charge is 2.39. The molecule has 3 atom stereocenters. The summed E-state index contributed by atoms with van der Waals surface area (Å²) in [6.07, 6.45) is 3.75. The second-order valence-corrected chi connectivity index (χ2v) is 6.72. The van der Waals surface area contributed by atoms with E-state index in [0.717, 1.165) is 24.9 Å². The highest BCUT2D eigenvalue weighted by molar-refractivity contribution is 6.30. The first-order valence-corrected chi connectivity index (χ1v) is 8.23. The van der Waals surface area contributed by atoms with E-state index in [1.165, 1.54) is 0 Å². The lowest BCUT2D eigenvalue weighted by Gasteiger charge is -2.28. The van der Waals surface area contributed by atoms with Crippen molar-refractivity contribution in [2.75, 3.05) is 6.54 Å². The molecule has 0 bridgehead atoms. The van der Waals surface area contributed by atoms with Crippen LogP contribution in [0, 0.1) is 11.8 Å². The Hall–Kier alpha value is -1.55. The Morgan fingerprint density at radius 1 is 1.09 bits per heavy atom. The Labute approximate surface area is 135 Å². The molecule has 5 heteroatoms. The number of nitrogens with zero attached hydrogens (tertiary/aromatic N) is 1. The van der Waals surface area contributed by atoms with Gasteiger partial charge in [-0.05, 0) is 49.8 Å². The number of carboxylic acids is 1. The molecule has 1 unspecified atom stereocenters. The number of hydrogen-bond acceptors (Lipinski definition) is 2. The number of likely N-dealkylation sites (tertiary alicyclic amines) is 1. The van der Waals surface area contributed by atoms with E-state index in [4.69, 9.17) is 16.7 Å². The van der Waals surface area contributed by atoms with Gasteiger partial charge in [0.15, 0.2) is 0 Å². The molecule has 4 nitrogen and oxygen atoms in total. The average molecular weight is 322 g/mol. The van der Waals surface area contributed by atoms with Gasteiger partial charge in [0.25, 0.3) is 0 Å². The molecule has 1 aliphatic heterocycles. The summed E-state index contributed by atoms with van der Waals surface area (Å²) in [5.74, 6) is -1.13. The van der Waals surface area contributed by atoms with Crippen LogP contribution in [0.25, 0.3) is 0 Å². The van der Waals surface area contributed by atoms with Crippen LogP contribution < -0.4 is 0 Å². The van der Waals surface area contributed by atoms with E-state index in [0.29, 0.717) is 24.3 Å². The van der Waals surface area contributed by atoms with Gasteiger partial charge in [-0.3, -0.25) is 9.59 Å². The van der Waals surface area contributed by atoms with Gasteiger partial charge in [0, 0.05) is 17.5 Å². The van der Waals surface area contributed by atoms with Gasteiger partial charge in [0.2, 0.25) is 5.91 Å². The zero-order valence-corrected chi connectivity index (χ0v) is 13.1. The molecule has 1 saturated heterocycles. The fraction of sp³-hybridized carbons (Fsp3) is 0.529. The summed E-state index contributed by atoms with van der Waals surface area (Å²) in [6.45, 7) is 0.764. The topological polar surface area (TPSA) is 57.6 Å². The molecule has 2 fully saturated rings. The monoisotopic (exact) mass is 321 g/mol. The minimum absolute atomic E-state index is 0.105. The number of hydrogen-bond donors (Lipinski definition) is 1. The van der Waals surface area contributed by atoms with Crippen LogP contribution in [-0.4, -0.2) is 28.4 Å². The lowest BCUT2D eigenvalue weighted by molar-refractivity contribution is -0.141. The van der Waals surface area contributed by atoms with E-state index in [1.54, 1.807) is 0 Å². The van der Waals surface area contributed by atoms with Crippen LogP contribution in [0.5, 0.6) is 0 Å². The van der Waals surface area contributed by atoms with E-state index >= 15 is 0 Å². The highest BCUT2D eigenvalue weighted by Crippen LogP contribution is 2.38. The smallest absolute Gasteiger partial charge is 0.306 e. The molecule has 3 rings (SSSR count). The van der Waals surface area contributed by atoms with Crippen molar-refractivity contribution < 1.29 is 14.7 Å². The van der Waals surface area contributed by atoms with Crippen molar-refractivity contribution in [3.63, 3.8) is 0 Å². The van der Waals surface area contributed by atoms with E-state index in [2.05, 4.69) is 0 Å². The zero-order valence-electron chi connectivity index (χ0n) is 12.4. The molecule has 1 aliphatic carbocycles. The van der Waals surface area contributed by atoms with Crippen LogP contribution in [0.1, 0.15) is 43.7 Å². The van der Waals surface area contributed by atoms with E-state index in [1.807, 2.05) is 29.2 Å². The summed E-state index contributed by atoms with van der Waals surface area (Å²) in [7, 11) is 0. The quantitative estimate of drug-likeness (QED) is 0.927. The molecule has 1 heterocycles. The molecular weight excluding hydrogens is 302 g/mol. The molecule has 2 aliphatic rings. The zero-order chi connectivity index (χ0) is 15.7. The lowest BCUT2D eigenvalue weighted by Crippen LogP contribution is -2.35. The molecule has 1 saturated carbocycles. The Kier molecular flexibility index (Phi) is 4.39. The van der Waals surface area contributed by atoms with Crippen molar-refractivity contribution in [1.82, 2.24) is 4.90 Å². The van der Waals surface area contributed by atoms with Crippen LogP contribution in [0.15, 0.2) is 24.3 Å². The number of carbonyl (C=O) groups excluding carboxylic acids is 1. The molecule has 22 heavy (non-hydrogen) atoms. The van der Waals surface area contributed by atoms with Crippen LogP contribution in [0.4, 0.5) is 0 Å². The van der Waals surface area contributed by atoms with Crippen LogP contribution in [0.2, 0.25) is 5.02 Å². The Morgan fingerprint density at radius 3 is 2.41 bits per heavy atom. The van der Waals surface area contributed by atoms with Crippen LogP contribution in [-0.2, 0) is 9.59 Å². The summed E-state index contributed by atoms with van der Waals surface area (Å²) in [6, 6.07) is 7.77. The first-order chi connectivity index (χ1) is 10.6. The third-order valence-electron chi connectivity index (χ3n) is 4.92. The summed E-state index contributed by atoms with van der Waals surface area (Å²) in [4.78, 5) is 25.8. The van der Waals surface area contributed by atoms with Gasteiger partial charge >= 0.3 is 5.97 Å². The molecule has 0 spiro atoms. The summed E-state index contributed by atoms with van der Waals surface area (Å²) >= 11 is 5.93. The first kappa shape index (κ1) is 15.3. The molecule has 0 radical (unpaired) electrons. The third kappa shape index (κ3) is 2.98. The molecule has 1 aromatic carbocycles. The van der Waals surface area contributed by atoms with Gasteiger partial charge in [-0.25, -0.2) is 0 Å². The second-order valence-electron chi connectivity index (χ2n) is 6.29. The maximum atomic E-state index is 12.8. The number of rotatable bonds is 3. The third-order valence-corrected chi connectivity index (χ3v) is 5.17. The lowest BCUT2D eigenvalue weighted by atomic mass is 10.0. The largest absolute Gasteiger partial charge is 0.481 e. The summed E-state index contributed by atoms with van der Waals surface area (Å²) in [5, 5.41) is 9.79. The SMILES string of the molecule is O=C(O)[C@@H]1CC[C@H](C(=O)N2CCCC2c2ccc(Cl)cc2)C1. The van der Waals surface area contributed by atoms with E-state index < -0.39 is 5.97 Å². The Morgan fingerprint density at radius 2 is 1.77 bits per heavy atom. The van der Waals surface area contributed by atoms with Gasteiger partial charge < -0.3 is 10.0 Å². The standard InChI is InChI=1S/C17H20ClNO3/c18-14-7-5-11(6-8-14)15-2-1-9-19(15)16(20)12-3-4-13(10-12)17(21)22/h5-8,12-13,15H,1-4,9-10H2,(H,21,22)/t12-,13+,15?/m0/s1. The number of benzene rings is 1. The Balaban J connectivity index is 1.72. The van der Waals surface area contributed by atoms with Crippen molar-refractivity contribution in [2.24, 2.45) is 11.8 Å². The normalized spacial score (nSPS) is 28.0. The number of carbonyl (C=O) groups is 2. The van der Waals surface area contributed by atoms with Gasteiger partial charge in [0.05, 0.1) is 12.0 Å². The maximum Gasteiger partial charge on any atom is 0.306 e. The van der Waals surface area contributed by atoms with Gasteiger partial charge in [-0.2, -0.15) is 0 Å². The summed E-state index contributed by atoms with van der Waals surface area (Å²) in [5.41, 5.74) is 1.11. The van der Waals surface area contributed by atoms with E-state index in [-0.39, 0.29) is 23.8 Å². The number of carboxylic acid groups (broad SMARTS) is 1. The molecule has 118 valence electrons. The Bertz CT molecular complexity index is 572. The number of amides is 1. The molecule has 1 amide bonds. The number of aliphatic carboxylic acids is 1. The highest BCUT2D eigenvalue weighted by atomic mass is 35.5. The maximum absolute atomic E-state index is 12.8. The van der Waals surface area contributed by atoms with Crippen molar-refractivity contribution in [2.45, 2.75) is 38.1 Å². The molecule has 1 aromatic rings. The predicted octanol–water partition coefficient (Wildman–Crippen LogP) is 3.50. The van der Waals surface area contributed by atoms with Crippen molar-refractivity contribution >= 4 is 23.5 Å². The summed E-state index contributed by atoms with van der Waals surface area (Å²) < 4.78 is 0. The molecule has 1 N–H and O–H groups in total. The van der Waals surface area contributed by atoms with Crippen LogP contribution >= 0.6 is 11.6 Å². The van der Waals surface area contributed by atoms with Crippen molar-refractivity contribution in [3.05, 3.63) is 34.9 Å². The van der Waals surface area contributed by atoms with Crippen LogP contribution in [0.3, 0.4) is 0 Å². The minimum Gasteiger partial charge on any atom is -0.481 e. The fourth-order valence-corrected chi connectivity index (χ4v) is 3.85. The fourth-order valence-electron chi connectivity index (χ4n) is 3.73. The predicted molar refractivity (Wildman–Crippen MR) is 83.6 cm³/mol. The average Bonchev–Trinajstić information content (AvgIpc) is 3.17. The minimum atomic E-state index is -0.772. The van der Waals surface area contributed by atoms with E-state index in [9.17, 15) is 9.59 Å². The van der Waals surface area contributed by atoms with Crippen molar-refractivity contribution in [3.8, 4) is 0 Å². The van der Waals surface area contributed by atoms with Gasteiger partial charge in [-0.15, -0.1) is 0 Å². The molecular formula is C17H20ClNO3. The second kappa shape index (κ2) is 6.29. The van der Waals surface area contributed by atoms with Gasteiger partial charge in [0.1, 0.15) is 0 Å². The van der Waals surface area contributed by atoms with Crippen molar-refractivity contribution in [1.29, 1.82) is 0 Å².